The van der Waals surface area contributed by atoms with Crippen LogP contribution in [-0.2, 0) is 6.42 Å². The van der Waals surface area contributed by atoms with Gasteiger partial charge >= 0.3 is 0 Å². The van der Waals surface area contributed by atoms with Crippen LogP contribution in [0, 0.1) is 12.2 Å². The molecule has 2 aromatic heterocycles. The monoisotopic (exact) mass is 681 g/mol. The Bertz CT molecular complexity index is 3050. The van der Waals surface area contributed by atoms with Gasteiger partial charge in [-0.15, -0.1) is 0 Å². The molecule has 0 spiro atoms. The van der Waals surface area contributed by atoms with Gasteiger partial charge in [-0.25, -0.2) is 0 Å². The summed E-state index contributed by atoms with van der Waals surface area (Å²) >= 11 is 0. The third kappa shape index (κ3) is 5.69. The molecule has 0 saturated heterocycles. The second kappa shape index (κ2) is 13.3. The summed E-state index contributed by atoms with van der Waals surface area (Å²) in [7, 11) is 0. The fourth-order valence-electron chi connectivity index (χ4n) is 6.99. The number of pyridine rings is 1. The van der Waals surface area contributed by atoms with E-state index in [0.717, 1.165) is 17.7 Å². The van der Waals surface area contributed by atoms with Crippen molar-refractivity contribution in [1.29, 1.82) is 0 Å². The van der Waals surface area contributed by atoms with Gasteiger partial charge in [-0.1, -0.05) is 141 Å². The Morgan fingerprint density at radius 1 is 0.712 bits per heavy atom. The van der Waals surface area contributed by atoms with Crippen LogP contribution in [0.5, 0.6) is 11.5 Å². The van der Waals surface area contributed by atoms with E-state index in [-0.39, 0.29) is 27.9 Å². The van der Waals surface area contributed by atoms with Crippen LogP contribution in [0.1, 0.15) is 38.7 Å². The summed E-state index contributed by atoms with van der Waals surface area (Å²) in [5.41, 5.74) is 7.76. The number of para-hydroxylation sites is 3. The van der Waals surface area contributed by atoms with Crippen molar-refractivity contribution in [2.24, 2.45) is 5.92 Å². The van der Waals surface area contributed by atoms with E-state index in [1.807, 2.05) is 79.0 Å². The zero-order valence-electron chi connectivity index (χ0n) is 38.4. The van der Waals surface area contributed by atoms with Gasteiger partial charge in [0.1, 0.15) is 11.5 Å². The van der Waals surface area contributed by atoms with Gasteiger partial charge in [0.15, 0.2) is 0 Å². The van der Waals surface area contributed by atoms with E-state index in [4.69, 9.17) is 23.4 Å². The zero-order chi connectivity index (χ0) is 43.7. The molecule has 0 saturated carbocycles. The van der Waals surface area contributed by atoms with Crippen molar-refractivity contribution in [3.05, 3.63) is 187 Å². The first-order valence-corrected chi connectivity index (χ1v) is 17.1. The number of imidazole rings is 1. The second-order valence-corrected chi connectivity index (χ2v) is 12.8. The first kappa shape index (κ1) is 22.3. The van der Waals surface area contributed by atoms with Crippen LogP contribution in [0.25, 0.3) is 61.5 Å². The van der Waals surface area contributed by atoms with Crippen LogP contribution in [0.15, 0.2) is 170 Å². The fraction of sp³-hybridized carbons (Fsp3) is 0.0833. The van der Waals surface area contributed by atoms with E-state index in [0.29, 0.717) is 34.1 Å². The average molecular weight is 682 g/mol. The summed E-state index contributed by atoms with van der Waals surface area (Å²) in [6.07, 6.45) is 8.37. The van der Waals surface area contributed by atoms with Gasteiger partial charge in [-0.2, -0.15) is 0 Å². The summed E-state index contributed by atoms with van der Waals surface area (Å²) in [4.78, 5) is 4.77. The summed E-state index contributed by atoms with van der Waals surface area (Å²) in [6, 6.07) is 24.4. The highest BCUT2D eigenvalue weighted by molar-refractivity contribution is 5.85. The van der Waals surface area contributed by atoms with Gasteiger partial charge in [-0.05, 0) is 87.7 Å². The molecule has 4 nitrogen and oxygen atoms in total. The largest absolute Gasteiger partial charge is 0.458 e. The lowest BCUT2D eigenvalue weighted by Gasteiger charge is -2.17. The maximum atomic E-state index is 8.95. The highest BCUT2D eigenvalue weighted by Gasteiger charge is 2.22. The Morgan fingerprint density at radius 2 is 1.38 bits per heavy atom. The molecule has 0 N–H and O–H groups in total. The molecule has 4 heteroatoms. The number of rotatable bonds is 8. The Labute approximate surface area is 318 Å². The normalized spacial score (nSPS) is 14.9. The SMILES string of the molecule is [2H]c1c([2H])c([2H])c(-c2cccc(-c3c([2H])c([2H])c([2H])c([2H])c3[2H])c2-[n+]2[c-]n(-c3cccc(Oc4cccc(-c5nccc6c5CC=C6C(C)C)c4)c3)c3ccccc32)c([2H])c1[2H]. The van der Waals surface area contributed by atoms with Crippen molar-refractivity contribution in [1.82, 2.24) is 9.55 Å². The van der Waals surface area contributed by atoms with E-state index in [1.54, 1.807) is 27.3 Å². The van der Waals surface area contributed by atoms with E-state index in [1.165, 1.54) is 16.7 Å². The molecule has 0 aliphatic heterocycles. The summed E-state index contributed by atoms with van der Waals surface area (Å²) < 4.78 is 96.3. The van der Waals surface area contributed by atoms with E-state index < -0.39 is 60.4 Å². The molecular weight excluding hydrogens is 635 g/mol. The minimum Gasteiger partial charge on any atom is -0.458 e. The molecular formula is C48H37N3O. The van der Waals surface area contributed by atoms with E-state index in [9.17, 15) is 0 Å². The van der Waals surface area contributed by atoms with Crippen molar-refractivity contribution in [3.8, 4) is 56.4 Å². The third-order valence-electron chi connectivity index (χ3n) is 9.30. The minimum atomic E-state index is -0.561. The van der Waals surface area contributed by atoms with Gasteiger partial charge in [0.25, 0.3) is 6.33 Å². The van der Waals surface area contributed by atoms with Crippen LogP contribution >= 0.6 is 0 Å². The van der Waals surface area contributed by atoms with Gasteiger partial charge in [0.2, 0.25) is 0 Å². The molecule has 0 atom stereocenters. The maximum Gasteiger partial charge on any atom is 0.269 e. The predicted octanol–water partition coefficient (Wildman–Crippen LogP) is 11.5. The summed E-state index contributed by atoms with van der Waals surface area (Å²) in [6.45, 7) is 4.39. The first-order valence-electron chi connectivity index (χ1n) is 22.1. The van der Waals surface area contributed by atoms with Crippen LogP contribution in [0.3, 0.4) is 0 Å². The van der Waals surface area contributed by atoms with Crippen LogP contribution in [-0.4, -0.2) is 9.55 Å². The van der Waals surface area contributed by atoms with Crippen molar-refractivity contribution in [3.63, 3.8) is 0 Å². The van der Waals surface area contributed by atoms with Crippen molar-refractivity contribution in [2.45, 2.75) is 20.3 Å². The van der Waals surface area contributed by atoms with E-state index >= 15 is 0 Å². The number of benzene rings is 6. The topological polar surface area (TPSA) is 30.9 Å². The van der Waals surface area contributed by atoms with Crippen LogP contribution in [0.2, 0.25) is 0 Å². The Hall–Kier alpha value is -6.52. The minimum absolute atomic E-state index is 0.122. The molecule has 1 aliphatic carbocycles. The van der Waals surface area contributed by atoms with Crippen molar-refractivity contribution in [2.75, 3.05) is 0 Å². The smallest absolute Gasteiger partial charge is 0.269 e. The molecule has 250 valence electrons. The summed E-state index contributed by atoms with van der Waals surface area (Å²) in [5, 5.41) is 0. The quantitative estimate of drug-likeness (QED) is 0.118. The Balaban J connectivity index is 1.20. The van der Waals surface area contributed by atoms with Crippen LogP contribution in [0.4, 0.5) is 0 Å². The van der Waals surface area contributed by atoms with Crippen molar-refractivity contribution < 1.29 is 23.0 Å². The Morgan fingerprint density at radius 3 is 2.12 bits per heavy atom. The molecule has 0 bridgehead atoms. The molecule has 1 aliphatic rings. The number of allylic oxidation sites excluding steroid dienone is 2. The lowest BCUT2D eigenvalue weighted by molar-refractivity contribution is -0.571. The molecule has 6 aromatic carbocycles. The van der Waals surface area contributed by atoms with Crippen LogP contribution < -0.4 is 9.30 Å². The highest BCUT2D eigenvalue weighted by Crippen LogP contribution is 2.39. The van der Waals surface area contributed by atoms with E-state index in [2.05, 4.69) is 32.3 Å². The lowest BCUT2D eigenvalue weighted by atomic mass is 9.95. The molecule has 0 unspecified atom stereocenters. The zero-order valence-corrected chi connectivity index (χ0v) is 28.4. The molecule has 8 aromatic rings. The molecule has 0 fully saturated rings. The molecule has 52 heavy (non-hydrogen) atoms. The number of hydrogen-bond donors (Lipinski definition) is 0. The molecule has 9 rings (SSSR count). The van der Waals surface area contributed by atoms with Gasteiger partial charge in [-0.3, -0.25) is 14.1 Å². The van der Waals surface area contributed by atoms with Gasteiger partial charge in [0.05, 0.1) is 41.8 Å². The molecule has 2 heterocycles. The maximum absolute atomic E-state index is 8.95. The predicted molar refractivity (Wildman–Crippen MR) is 211 cm³/mol. The summed E-state index contributed by atoms with van der Waals surface area (Å²) in [5.74, 6) is 1.55. The number of nitrogens with zero attached hydrogens (tertiary/aromatic N) is 3. The van der Waals surface area contributed by atoms with Crippen molar-refractivity contribution >= 4 is 16.6 Å². The van der Waals surface area contributed by atoms with Gasteiger partial charge < -0.3 is 4.74 Å². The fourth-order valence-corrected chi connectivity index (χ4v) is 6.99. The standard InChI is InChI=1S/C48H37N3O/c1-33(2)40-26-27-44-43(40)28-29-49-47(44)36-18-11-20-38(30-36)52-39-21-12-19-37(31-39)50-32-51(46-25-10-9-24-45(46)50)48-41(34-14-5-3-6-15-34)22-13-23-42(48)35-16-7-4-8-17-35/h3-26,28-31,33H,27H2,1-2H3/i3D,4D,5D,6D,7D,8D,14D,15D,16D,17D. The van der Waals surface area contributed by atoms with Gasteiger partial charge in [0, 0.05) is 11.8 Å². The number of aromatic nitrogens is 3. The first-order chi connectivity index (χ1) is 29.8. The number of ether oxygens (including phenoxy) is 1. The Kier molecular flexibility index (Phi) is 5.72. The lowest BCUT2D eigenvalue weighted by Crippen LogP contribution is -2.31. The second-order valence-electron chi connectivity index (χ2n) is 12.8. The third-order valence-corrected chi connectivity index (χ3v) is 9.30. The average Bonchev–Trinajstić information content (AvgIpc) is 3.90. The number of hydrogen-bond acceptors (Lipinski definition) is 2. The molecule has 0 radical (unpaired) electrons. The highest BCUT2D eigenvalue weighted by atomic mass is 16.5. The number of fused-ring (bicyclic) bond motifs is 2. The molecule has 0 amide bonds.